The normalized spacial score (nSPS) is 10.4. The average molecular weight is 771 g/mol. The van der Waals surface area contributed by atoms with Gasteiger partial charge in [-0.1, -0.05) is 62.3 Å². The van der Waals surface area contributed by atoms with Crippen molar-refractivity contribution >= 4 is 28.7 Å². The fourth-order valence-electron chi connectivity index (χ4n) is 4.55. The van der Waals surface area contributed by atoms with E-state index in [-0.39, 0.29) is 25.2 Å². The number of nitrogens with zero attached hydrogens (tertiary/aromatic N) is 7. The first kappa shape index (κ1) is 38.2. The summed E-state index contributed by atoms with van der Waals surface area (Å²) in [5, 5.41) is 17.4. The van der Waals surface area contributed by atoms with Crippen LogP contribution in [-0.4, -0.2) is 30.2 Å². The SMILES string of the molecule is CCCCCCc1ccsc1-c1ccnc(-c2cc(C(F)(F)F)n[n-]2)c1.[N-]=C=S.[Ru+2].c1ccc(-c2cccc(-c3ccccn3)n2)nc1. The molecule has 6 aromatic heterocycles. The summed E-state index contributed by atoms with van der Waals surface area (Å²) in [5.41, 5.74) is 5.23. The van der Waals surface area contributed by atoms with E-state index in [4.69, 9.17) is 5.41 Å². The molecule has 0 N–H and O–H groups in total. The molecule has 13 heteroatoms. The molecular weight excluding hydrogens is 741 g/mol. The Morgan fingerprint density at radius 3 is 1.98 bits per heavy atom. The largest absolute Gasteiger partial charge is 2.00 e. The van der Waals surface area contributed by atoms with Crippen LogP contribution in [0.2, 0.25) is 0 Å². The number of rotatable bonds is 9. The van der Waals surface area contributed by atoms with Crippen molar-refractivity contribution in [2.75, 3.05) is 0 Å². The molecule has 0 aromatic carbocycles. The molecule has 0 saturated carbocycles. The molecule has 0 bridgehead atoms. The minimum atomic E-state index is -4.50. The Kier molecular flexibility index (Phi) is 15.5. The molecule has 6 heterocycles. The smallest absolute Gasteiger partial charge is 0.753 e. The van der Waals surface area contributed by atoms with Crippen LogP contribution in [0.4, 0.5) is 13.2 Å². The molecule has 246 valence electrons. The molecule has 0 aliphatic carbocycles. The Labute approximate surface area is 299 Å². The number of hydrogen-bond acceptors (Lipinski definition) is 7. The van der Waals surface area contributed by atoms with Gasteiger partial charge in [0.25, 0.3) is 0 Å². The quantitative estimate of drug-likeness (QED) is 0.0625. The molecule has 0 spiro atoms. The van der Waals surface area contributed by atoms with Crippen molar-refractivity contribution in [2.24, 2.45) is 0 Å². The molecule has 6 rings (SSSR count). The number of unbranched alkanes of at least 4 members (excludes halogenated alkanes) is 3. The number of thiophene rings is 1. The van der Waals surface area contributed by atoms with Gasteiger partial charge in [-0.25, -0.2) is 4.98 Å². The predicted molar refractivity (Wildman–Crippen MR) is 184 cm³/mol. The van der Waals surface area contributed by atoms with E-state index < -0.39 is 11.9 Å². The summed E-state index contributed by atoms with van der Waals surface area (Å²) >= 11 is 5.34. The Morgan fingerprint density at radius 2 is 1.42 bits per heavy atom. The van der Waals surface area contributed by atoms with Crippen LogP contribution in [-0.2, 0) is 32.1 Å². The van der Waals surface area contributed by atoms with E-state index in [0.717, 1.165) is 52.1 Å². The third kappa shape index (κ3) is 11.2. The average Bonchev–Trinajstić information content (AvgIpc) is 3.80. The Balaban J connectivity index is 0.000000248. The van der Waals surface area contributed by atoms with Crippen LogP contribution in [0.25, 0.3) is 50.0 Å². The van der Waals surface area contributed by atoms with Crippen molar-refractivity contribution in [1.29, 1.82) is 0 Å². The number of pyridine rings is 4. The van der Waals surface area contributed by atoms with E-state index in [1.54, 1.807) is 36.0 Å². The molecule has 48 heavy (non-hydrogen) atoms. The fourth-order valence-corrected chi connectivity index (χ4v) is 5.50. The number of alkyl halides is 3. The number of isothiocyanates is 1. The Morgan fingerprint density at radius 1 is 0.792 bits per heavy atom. The van der Waals surface area contributed by atoms with Crippen LogP contribution in [0.15, 0.2) is 103 Å². The van der Waals surface area contributed by atoms with Gasteiger partial charge in [0.15, 0.2) is 0 Å². The second-order valence-electron chi connectivity index (χ2n) is 10.1. The number of thiocarbonyl (C=S) groups is 1. The first-order valence-electron chi connectivity index (χ1n) is 14.8. The molecule has 7 nitrogen and oxygen atoms in total. The summed E-state index contributed by atoms with van der Waals surface area (Å²) in [6, 6.07) is 24.2. The van der Waals surface area contributed by atoms with E-state index >= 15 is 0 Å². The summed E-state index contributed by atoms with van der Waals surface area (Å²) in [6.07, 6.45) is 6.42. The van der Waals surface area contributed by atoms with Crippen molar-refractivity contribution < 1.29 is 32.6 Å². The van der Waals surface area contributed by atoms with E-state index in [0.29, 0.717) is 5.69 Å². The zero-order valence-corrected chi connectivity index (χ0v) is 29.2. The van der Waals surface area contributed by atoms with Crippen LogP contribution in [0.1, 0.15) is 43.9 Å². The summed E-state index contributed by atoms with van der Waals surface area (Å²) in [7, 11) is 0. The number of aryl methyl sites for hydroxylation is 1. The summed E-state index contributed by atoms with van der Waals surface area (Å²) in [6.45, 7) is 2.19. The molecule has 0 amide bonds. The van der Waals surface area contributed by atoms with E-state index in [9.17, 15) is 13.2 Å². The molecule has 0 radical (unpaired) electrons. The Bertz CT molecular complexity index is 1800. The van der Waals surface area contributed by atoms with E-state index in [1.165, 1.54) is 30.0 Å². The number of aromatic nitrogens is 6. The topological polar surface area (TPSA) is 101 Å². The molecule has 0 fully saturated rings. The predicted octanol–water partition coefficient (Wildman–Crippen LogP) is 9.83. The molecule has 0 saturated heterocycles. The van der Waals surface area contributed by atoms with Crippen LogP contribution in [0.5, 0.6) is 0 Å². The number of halogens is 3. The standard InChI is InChI=1S/C19H19F3N3S.C15H11N3.CNS.Ru/c1-2-3-4-5-6-13-8-10-26-18(13)14-7-9-23-15(11-14)16-12-17(25-24-16)19(20,21)22;1-3-10-16-12(6-1)14-8-5-9-15(18-14)13-7-2-4-11-17-13;2-1-3;/h7-12H,2-6H2,1H3;1-11H;;/q-1;;-1;+2. The van der Waals surface area contributed by atoms with Gasteiger partial charge in [0.2, 0.25) is 0 Å². The van der Waals surface area contributed by atoms with Crippen LogP contribution < -0.4 is 5.10 Å². The molecule has 0 aliphatic heterocycles. The van der Waals surface area contributed by atoms with Gasteiger partial charge in [0.1, 0.15) is 5.69 Å². The van der Waals surface area contributed by atoms with E-state index in [1.807, 2.05) is 60.7 Å². The van der Waals surface area contributed by atoms with Crippen LogP contribution >= 0.6 is 23.6 Å². The van der Waals surface area contributed by atoms with Gasteiger partial charge in [-0.3, -0.25) is 15.0 Å². The van der Waals surface area contributed by atoms with Gasteiger partial charge in [-0.15, -0.1) is 11.3 Å². The van der Waals surface area contributed by atoms with E-state index in [2.05, 4.69) is 60.7 Å². The van der Waals surface area contributed by atoms with Crippen molar-refractivity contribution in [1.82, 2.24) is 30.1 Å². The first-order valence-corrected chi connectivity index (χ1v) is 16.0. The van der Waals surface area contributed by atoms with Crippen molar-refractivity contribution in [3.05, 3.63) is 120 Å². The summed E-state index contributed by atoms with van der Waals surface area (Å²) in [5.74, 6) is 0. The van der Waals surface area contributed by atoms with Gasteiger partial charge in [-0.05, 0) is 90.0 Å². The van der Waals surface area contributed by atoms with Gasteiger partial charge < -0.3 is 15.6 Å². The molecule has 0 atom stereocenters. The third-order valence-electron chi connectivity index (χ3n) is 6.76. The third-order valence-corrected chi connectivity index (χ3v) is 7.77. The fraction of sp³-hybridized carbons (Fsp3) is 0.200. The second-order valence-corrected chi connectivity index (χ2v) is 11.2. The second kappa shape index (κ2) is 19.5. The maximum Gasteiger partial charge on any atom is 2.00 e. The zero-order valence-electron chi connectivity index (χ0n) is 25.8. The van der Waals surface area contributed by atoms with Crippen molar-refractivity contribution in [3.63, 3.8) is 0 Å². The van der Waals surface area contributed by atoms with Gasteiger partial charge in [0, 0.05) is 23.5 Å². The van der Waals surface area contributed by atoms with Crippen LogP contribution in [0, 0.1) is 0 Å². The van der Waals surface area contributed by atoms with Gasteiger partial charge >= 0.3 is 25.7 Å². The summed E-state index contributed by atoms with van der Waals surface area (Å²) in [4.78, 5) is 18.5. The number of hydrogen-bond donors (Lipinski definition) is 0. The molecule has 0 unspecified atom stereocenters. The Hall–Kier alpha value is -4.28. The minimum Gasteiger partial charge on any atom is -0.753 e. The maximum atomic E-state index is 12.7. The molecule has 0 aliphatic rings. The van der Waals surface area contributed by atoms with Crippen LogP contribution in [0.3, 0.4) is 0 Å². The monoisotopic (exact) mass is 771 g/mol. The first-order chi connectivity index (χ1) is 22.8. The minimum absolute atomic E-state index is 0. The van der Waals surface area contributed by atoms with Crippen molar-refractivity contribution in [2.45, 2.75) is 45.2 Å². The summed E-state index contributed by atoms with van der Waals surface area (Å²) < 4.78 is 38.2. The van der Waals surface area contributed by atoms with Crippen molar-refractivity contribution in [3.8, 4) is 44.6 Å². The molecule has 6 aromatic rings. The molecular formula is C35H30F3N7RuS2. The zero-order chi connectivity index (χ0) is 33.5. The van der Waals surface area contributed by atoms with Gasteiger partial charge in [0.05, 0.1) is 28.5 Å². The maximum absolute atomic E-state index is 12.7. The van der Waals surface area contributed by atoms with Gasteiger partial charge in [-0.2, -0.15) is 18.3 Å².